The van der Waals surface area contributed by atoms with Gasteiger partial charge in [-0.2, -0.15) is 5.10 Å². The Morgan fingerprint density at radius 3 is 2.67 bits per heavy atom. The fourth-order valence-electron chi connectivity index (χ4n) is 2.71. The van der Waals surface area contributed by atoms with Crippen LogP contribution in [0.1, 0.15) is 36.7 Å². The van der Waals surface area contributed by atoms with Gasteiger partial charge >= 0.3 is 6.03 Å². The van der Waals surface area contributed by atoms with Gasteiger partial charge in [0.1, 0.15) is 0 Å². The van der Waals surface area contributed by atoms with Crippen LogP contribution in [-0.2, 0) is 13.0 Å². The number of aromatic nitrogens is 2. The molecule has 2 aromatic rings. The summed E-state index contributed by atoms with van der Waals surface area (Å²) in [5.41, 5.74) is 3.49. The molecule has 5 heteroatoms. The van der Waals surface area contributed by atoms with Gasteiger partial charge in [0.15, 0.2) is 0 Å². The minimum Gasteiger partial charge on any atom is -0.338 e. The van der Waals surface area contributed by atoms with Crippen molar-refractivity contribution in [2.24, 2.45) is 0 Å². The smallest absolute Gasteiger partial charge is 0.314 e. The van der Waals surface area contributed by atoms with E-state index in [0.717, 1.165) is 37.2 Å². The van der Waals surface area contributed by atoms with E-state index in [1.165, 1.54) is 5.56 Å². The molecule has 1 unspecified atom stereocenters. The average Bonchev–Trinajstić information content (AvgIpc) is 2.88. The maximum atomic E-state index is 11.9. The SMILES string of the molecule is Cc1cc(C)n(CCCNC(=O)NC(C)CCc2ccccc2)n1. The molecule has 0 aliphatic carbocycles. The zero-order valence-corrected chi connectivity index (χ0v) is 14.9. The van der Waals surface area contributed by atoms with E-state index in [1.54, 1.807) is 0 Å². The zero-order chi connectivity index (χ0) is 17.4. The van der Waals surface area contributed by atoms with Gasteiger partial charge in [-0.15, -0.1) is 0 Å². The molecule has 0 aliphatic rings. The van der Waals surface area contributed by atoms with Crippen molar-refractivity contribution in [1.29, 1.82) is 0 Å². The molecule has 0 fully saturated rings. The Morgan fingerprint density at radius 2 is 2.00 bits per heavy atom. The monoisotopic (exact) mass is 328 g/mol. The first kappa shape index (κ1) is 18.0. The van der Waals surface area contributed by atoms with Crippen LogP contribution < -0.4 is 10.6 Å². The highest BCUT2D eigenvalue weighted by Gasteiger charge is 2.07. The third-order valence-corrected chi connectivity index (χ3v) is 4.02. The topological polar surface area (TPSA) is 59.0 Å². The minimum absolute atomic E-state index is 0.0936. The molecule has 24 heavy (non-hydrogen) atoms. The van der Waals surface area contributed by atoms with Gasteiger partial charge in [-0.25, -0.2) is 4.79 Å². The Bertz CT molecular complexity index is 636. The Balaban J connectivity index is 1.59. The van der Waals surface area contributed by atoms with Crippen molar-refractivity contribution < 1.29 is 4.79 Å². The van der Waals surface area contributed by atoms with E-state index in [1.807, 2.05) is 36.7 Å². The first-order valence-electron chi connectivity index (χ1n) is 8.64. The molecular formula is C19H28N4O. The predicted molar refractivity (Wildman–Crippen MR) is 97.1 cm³/mol. The van der Waals surface area contributed by atoms with E-state index in [9.17, 15) is 4.79 Å². The number of rotatable bonds is 8. The van der Waals surface area contributed by atoms with Crippen molar-refractivity contribution >= 4 is 6.03 Å². The first-order chi connectivity index (χ1) is 11.5. The van der Waals surface area contributed by atoms with Gasteiger partial charge in [-0.1, -0.05) is 30.3 Å². The van der Waals surface area contributed by atoms with Gasteiger partial charge in [0.2, 0.25) is 0 Å². The second-order valence-corrected chi connectivity index (χ2v) is 6.33. The maximum Gasteiger partial charge on any atom is 0.314 e. The second-order valence-electron chi connectivity index (χ2n) is 6.33. The number of carbonyl (C=O) groups excluding carboxylic acids is 1. The minimum atomic E-state index is -0.0936. The van der Waals surface area contributed by atoms with Crippen molar-refractivity contribution in [2.75, 3.05) is 6.54 Å². The normalized spacial score (nSPS) is 12.0. The Hall–Kier alpha value is -2.30. The van der Waals surface area contributed by atoms with Gasteiger partial charge in [-0.3, -0.25) is 4.68 Å². The number of amides is 2. The number of nitrogens with zero attached hydrogens (tertiary/aromatic N) is 2. The van der Waals surface area contributed by atoms with Crippen molar-refractivity contribution in [3.8, 4) is 0 Å². The number of hydrogen-bond donors (Lipinski definition) is 2. The van der Waals surface area contributed by atoms with Crippen LogP contribution in [0.4, 0.5) is 4.79 Å². The molecule has 0 saturated heterocycles. The van der Waals surface area contributed by atoms with Crippen molar-refractivity contribution in [1.82, 2.24) is 20.4 Å². The molecule has 5 nitrogen and oxygen atoms in total. The molecule has 2 amide bonds. The molecule has 130 valence electrons. The van der Waals surface area contributed by atoms with Gasteiger partial charge in [-0.05, 0) is 51.7 Å². The lowest BCUT2D eigenvalue weighted by atomic mass is 10.1. The highest BCUT2D eigenvalue weighted by Crippen LogP contribution is 2.05. The summed E-state index contributed by atoms with van der Waals surface area (Å²) < 4.78 is 1.98. The van der Waals surface area contributed by atoms with Gasteiger partial charge in [0.05, 0.1) is 5.69 Å². The molecule has 1 aromatic heterocycles. The van der Waals surface area contributed by atoms with E-state index in [0.29, 0.717) is 6.54 Å². The number of urea groups is 1. The summed E-state index contributed by atoms with van der Waals surface area (Å²) in [6.07, 6.45) is 2.77. The van der Waals surface area contributed by atoms with E-state index in [-0.39, 0.29) is 12.1 Å². The maximum absolute atomic E-state index is 11.9. The summed E-state index contributed by atoms with van der Waals surface area (Å²) in [6, 6.07) is 12.5. The molecule has 2 rings (SSSR count). The van der Waals surface area contributed by atoms with E-state index in [2.05, 4.69) is 40.9 Å². The zero-order valence-electron chi connectivity index (χ0n) is 14.9. The highest BCUT2D eigenvalue weighted by molar-refractivity contribution is 5.74. The van der Waals surface area contributed by atoms with E-state index < -0.39 is 0 Å². The predicted octanol–water partition coefficient (Wildman–Crippen LogP) is 3.21. The lowest BCUT2D eigenvalue weighted by Crippen LogP contribution is -2.41. The first-order valence-corrected chi connectivity index (χ1v) is 8.64. The van der Waals surface area contributed by atoms with Crippen LogP contribution in [0.15, 0.2) is 36.4 Å². The summed E-state index contributed by atoms with van der Waals surface area (Å²) in [7, 11) is 0. The highest BCUT2D eigenvalue weighted by atomic mass is 16.2. The van der Waals surface area contributed by atoms with Crippen LogP contribution in [-0.4, -0.2) is 28.4 Å². The van der Waals surface area contributed by atoms with Gasteiger partial charge < -0.3 is 10.6 Å². The largest absolute Gasteiger partial charge is 0.338 e. The molecule has 1 aromatic carbocycles. The fourth-order valence-corrected chi connectivity index (χ4v) is 2.71. The molecule has 1 heterocycles. The Kier molecular flexibility index (Phi) is 6.85. The third-order valence-electron chi connectivity index (χ3n) is 4.02. The molecule has 0 saturated carbocycles. The number of carbonyl (C=O) groups is 1. The number of benzene rings is 1. The fraction of sp³-hybridized carbons (Fsp3) is 0.474. The molecule has 1 atom stereocenters. The summed E-state index contributed by atoms with van der Waals surface area (Å²) in [4.78, 5) is 11.9. The lowest BCUT2D eigenvalue weighted by Gasteiger charge is -2.14. The lowest BCUT2D eigenvalue weighted by molar-refractivity contribution is 0.237. The summed E-state index contributed by atoms with van der Waals surface area (Å²) >= 11 is 0. The van der Waals surface area contributed by atoms with Crippen molar-refractivity contribution in [2.45, 2.75) is 52.6 Å². The molecule has 0 bridgehead atoms. The third kappa shape index (κ3) is 6.07. The van der Waals surface area contributed by atoms with Crippen LogP contribution in [0.25, 0.3) is 0 Å². The summed E-state index contributed by atoms with van der Waals surface area (Å²) in [5.74, 6) is 0. The van der Waals surface area contributed by atoms with Crippen LogP contribution in [0.3, 0.4) is 0 Å². The van der Waals surface area contributed by atoms with Crippen LogP contribution in [0.5, 0.6) is 0 Å². The number of hydrogen-bond acceptors (Lipinski definition) is 2. The molecule has 2 N–H and O–H groups in total. The standard InChI is InChI=1S/C19H28N4O/c1-15(10-11-18-8-5-4-6-9-18)21-19(24)20-12-7-13-23-17(3)14-16(2)22-23/h4-6,8-9,14-15H,7,10-13H2,1-3H3,(H2,20,21,24). The Labute approximate surface area is 144 Å². The average molecular weight is 328 g/mol. The van der Waals surface area contributed by atoms with E-state index >= 15 is 0 Å². The Morgan fingerprint density at radius 1 is 1.25 bits per heavy atom. The van der Waals surface area contributed by atoms with Crippen molar-refractivity contribution in [3.63, 3.8) is 0 Å². The van der Waals surface area contributed by atoms with Crippen LogP contribution in [0.2, 0.25) is 0 Å². The summed E-state index contributed by atoms with van der Waals surface area (Å²) in [6.45, 7) is 7.55. The number of aryl methyl sites for hydroxylation is 4. The molecular weight excluding hydrogens is 300 g/mol. The van der Waals surface area contributed by atoms with Crippen molar-refractivity contribution in [3.05, 3.63) is 53.3 Å². The second kappa shape index (κ2) is 9.11. The molecule has 0 spiro atoms. The molecule has 0 aliphatic heterocycles. The quantitative estimate of drug-likeness (QED) is 0.731. The number of nitrogens with one attached hydrogen (secondary N) is 2. The van der Waals surface area contributed by atoms with Gasteiger partial charge in [0.25, 0.3) is 0 Å². The summed E-state index contributed by atoms with van der Waals surface area (Å²) in [5, 5.41) is 10.3. The van der Waals surface area contributed by atoms with Crippen LogP contribution in [0, 0.1) is 13.8 Å². The van der Waals surface area contributed by atoms with Gasteiger partial charge in [0, 0.05) is 24.8 Å². The van der Waals surface area contributed by atoms with Crippen LogP contribution >= 0.6 is 0 Å². The van der Waals surface area contributed by atoms with E-state index in [4.69, 9.17) is 0 Å². The molecule has 0 radical (unpaired) electrons.